The van der Waals surface area contributed by atoms with Crippen LogP contribution in [0.2, 0.25) is 0 Å². The van der Waals surface area contributed by atoms with Crippen molar-refractivity contribution in [1.29, 1.82) is 0 Å². The van der Waals surface area contributed by atoms with Crippen LogP contribution in [0.4, 0.5) is 5.82 Å². The molecule has 1 aliphatic heterocycles. The third-order valence-electron chi connectivity index (χ3n) is 3.73. The summed E-state index contributed by atoms with van der Waals surface area (Å²) in [5.41, 5.74) is 0.954. The molecule has 1 saturated heterocycles. The summed E-state index contributed by atoms with van der Waals surface area (Å²) >= 11 is 0. The summed E-state index contributed by atoms with van der Waals surface area (Å²) in [6.45, 7) is 4.76. The molecule has 2 fully saturated rings. The molecule has 19 heavy (non-hydrogen) atoms. The Bertz CT molecular complexity index is 478. The average Bonchev–Trinajstić information content (AvgIpc) is 3.02. The van der Waals surface area contributed by atoms with Crippen molar-refractivity contribution in [2.75, 3.05) is 11.4 Å². The lowest BCUT2D eigenvalue weighted by atomic mass is 10.2. The molecule has 1 N–H and O–H groups in total. The van der Waals surface area contributed by atoms with Gasteiger partial charge in [-0.1, -0.05) is 0 Å². The van der Waals surface area contributed by atoms with Gasteiger partial charge in [-0.15, -0.1) is 0 Å². The fraction of sp³-hybridized carbons (Fsp3) is 0.643. The summed E-state index contributed by atoms with van der Waals surface area (Å²) in [6.07, 6.45) is 4.22. The maximum absolute atomic E-state index is 12.3. The van der Waals surface area contributed by atoms with Crippen LogP contribution in [0.3, 0.4) is 0 Å². The van der Waals surface area contributed by atoms with Crippen molar-refractivity contribution in [2.24, 2.45) is 0 Å². The third kappa shape index (κ3) is 2.69. The fourth-order valence-electron chi connectivity index (χ4n) is 2.68. The predicted octanol–water partition coefficient (Wildman–Crippen LogP) is 1.34. The molecule has 5 heteroatoms. The first-order valence-electron chi connectivity index (χ1n) is 7.03. The first kappa shape index (κ1) is 12.4. The van der Waals surface area contributed by atoms with Gasteiger partial charge in [0.15, 0.2) is 0 Å². The number of hydrogen-bond acceptors (Lipinski definition) is 4. The highest BCUT2D eigenvalue weighted by molar-refractivity contribution is 5.86. The molecule has 0 aromatic carbocycles. The van der Waals surface area contributed by atoms with Crippen LogP contribution >= 0.6 is 0 Å². The van der Waals surface area contributed by atoms with Crippen LogP contribution in [0.25, 0.3) is 0 Å². The predicted molar refractivity (Wildman–Crippen MR) is 73.0 cm³/mol. The van der Waals surface area contributed by atoms with Crippen molar-refractivity contribution in [3.63, 3.8) is 0 Å². The molecule has 3 rings (SSSR count). The zero-order valence-electron chi connectivity index (χ0n) is 11.5. The van der Waals surface area contributed by atoms with Crippen molar-refractivity contribution in [2.45, 2.75) is 51.6 Å². The van der Waals surface area contributed by atoms with Gasteiger partial charge in [0.05, 0.1) is 0 Å². The normalized spacial score (nSPS) is 22.6. The van der Waals surface area contributed by atoms with E-state index in [4.69, 9.17) is 0 Å². The van der Waals surface area contributed by atoms with Crippen molar-refractivity contribution < 1.29 is 4.79 Å². The van der Waals surface area contributed by atoms with E-state index >= 15 is 0 Å². The lowest BCUT2D eigenvalue weighted by molar-refractivity contribution is -0.122. The van der Waals surface area contributed by atoms with E-state index in [0.29, 0.717) is 6.04 Å². The Hall–Kier alpha value is -1.65. The molecular weight excluding hydrogens is 240 g/mol. The van der Waals surface area contributed by atoms with Crippen LogP contribution in [-0.4, -0.2) is 34.5 Å². The topological polar surface area (TPSA) is 58.1 Å². The number of carbonyl (C=O) groups excluding carboxylic acids is 1. The van der Waals surface area contributed by atoms with Crippen LogP contribution in [0.15, 0.2) is 6.07 Å². The van der Waals surface area contributed by atoms with E-state index < -0.39 is 0 Å². The second kappa shape index (κ2) is 4.79. The monoisotopic (exact) mass is 260 g/mol. The summed E-state index contributed by atoms with van der Waals surface area (Å²) in [4.78, 5) is 23.2. The number of aromatic nitrogens is 2. The maximum Gasteiger partial charge on any atom is 0.242 e. The fourth-order valence-corrected chi connectivity index (χ4v) is 2.68. The van der Waals surface area contributed by atoms with Crippen LogP contribution in [0.5, 0.6) is 0 Å². The summed E-state index contributed by atoms with van der Waals surface area (Å²) in [6, 6.07) is 2.33. The molecule has 0 spiro atoms. The van der Waals surface area contributed by atoms with Crippen LogP contribution in [-0.2, 0) is 4.79 Å². The Labute approximate surface area is 113 Å². The Morgan fingerprint density at radius 1 is 1.32 bits per heavy atom. The zero-order valence-corrected chi connectivity index (χ0v) is 11.5. The van der Waals surface area contributed by atoms with Gasteiger partial charge in [0.1, 0.15) is 17.7 Å². The van der Waals surface area contributed by atoms with Gasteiger partial charge in [-0.25, -0.2) is 9.97 Å². The van der Waals surface area contributed by atoms with Gasteiger partial charge in [0, 0.05) is 24.3 Å². The number of rotatable bonds is 3. The molecule has 1 atom stereocenters. The van der Waals surface area contributed by atoms with E-state index in [2.05, 4.69) is 20.2 Å². The smallest absolute Gasteiger partial charge is 0.242 e. The molecule has 0 radical (unpaired) electrons. The van der Waals surface area contributed by atoms with Gasteiger partial charge in [0.25, 0.3) is 0 Å². The Balaban J connectivity index is 1.79. The number of hydrogen-bond donors (Lipinski definition) is 1. The lowest BCUT2D eigenvalue weighted by Gasteiger charge is -2.25. The number of nitrogens with one attached hydrogen (secondary N) is 1. The van der Waals surface area contributed by atoms with Crippen molar-refractivity contribution in [3.05, 3.63) is 17.6 Å². The van der Waals surface area contributed by atoms with Gasteiger partial charge < -0.3 is 10.2 Å². The molecule has 1 aliphatic carbocycles. The first-order chi connectivity index (χ1) is 9.13. The van der Waals surface area contributed by atoms with E-state index in [1.165, 1.54) is 0 Å². The number of amides is 1. The minimum Gasteiger partial charge on any atom is -0.352 e. The van der Waals surface area contributed by atoms with E-state index in [0.717, 1.165) is 49.6 Å². The van der Waals surface area contributed by atoms with Gasteiger partial charge >= 0.3 is 0 Å². The van der Waals surface area contributed by atoms with Crippen molar-refractivity contribution in [1.82, 2.24) is 15.3 Å². The number of carbonyl (C=O) groups is 1. The van der Waals surface area contributed by atoms with E-state index in [9.17, 15) is 4.79 Å². The molecule has 5 nitrogen and oxygen atoms in total. The standard InChI is InChI=1S/C14H20N4O/c1-9-8-13(16-10(2)15-9)18-7-3-4-12(18)14(19)17-11-5-6-11/h8,11-12H,3-7H2,1-2H3,(H,17,19). The Morgan fingerprint density at radius 3 is 2.79 bits per heavy atom. The molecule has 102 valence electrons. The second-order valence-electron chi connectivity index (χ2n) is 5.55. The number of aryl methyl sites for hydroxylation is 2. The summed E-state index contributed by atoms with van der Waals surface area (Å²) < 4.78 is 0. The second-order valence-corrected chi connectivity index (χ2v) is 5.55. The number of anilines is 1. The van der Waals surface area contributed by atoms with Crippen molar-refractivity contribution in [3.8, 4) is 0 Å². The third-order valence-corrected chi connectivity index (χ3v) is 3.73. The summed E-state index contributed by atoms with van der Waals surface area (Å²) in [5, 5.41) is 3.10. The maximum atomic E-state index is 12.3. The minimum atomic E-state index is -0.0608. The van der Waals surface area contributed by atoms with Crippen LogP contribution < -0.4 is 10.2 Å². The Kier molecular flexibility index (Phi) is 3.12. The van der Waals surface area contributed by atoms with E-state index in [1.807, 2.05) is 19.9 Å². The van der Waals surface area contributed by atoms with Gasteiger partial charge in [-0.3, -0.25) is 4.79 Å². The Morgan fingerprint density at radius 2 is 2.11 bits per heavy atom. The highest BCUT2D eigenvalue weighted by atomic mass is 16.2. The largest absolute Gasteiger partial charge is 0.352 e. The highest BCUT2D eigenvalue weighted by Crippen LogP contribution is 2.26. The lowest BCUT2D eigenvalue weighted by Crippen LogP contribution is -2.44. The van der Waals surface area contributed by atoms with Gasteiger partial charge in [-0.05, 0) is 39.5 Å². The molecule has 1 aromatic rings. The SMILES string of the molecule is Cc1cc(N2CCCC2C(=O)NC2CC2)nc(C)n1. The molecule has 1 aromatic heterocycles. The van der Waals surface area contributed by atoms with E-state index in [-0.39, 0.29) is 11.9 Å². The van der Waals surface area contributed by atoms with Gasteiger partial charge in [-0.2, -0.15) is 0 Å². The van der Waals surface area contributed by atoms with Crippen molar-refractivity contribution >= 4 is 11.7 Å². The number of nitrogens with zero attached hydrogens (tertiary/aromatic N) is 3. The molecule has 1 unspecified atom stereocenters. The summed E-state index contributed by atoms with van der Waals surface area (Å²) in [7, 11) is 0. The van der Waals surface area contributed by atoms with Crippen LogP contribution in [0.1, 0.15) is 37.2 Å². The molecule has 1 saturated carbocycles. The zero-order chi connectivity index (χ0) is 13.4. The molecular formula is C14H20N4O. The van der Waals surface area contributed by atoms with Crippen LogP contribution in [0, 0.1) is 13.8 Å². The molecule has 1 amide bonds. The molecule has 2 aliphatic rings. The van der Waals surface area contributed by atoms with E-state index in [1.54, 1.807) is 0 Å². The summed E-state index contributed by atoms with van der Waals surface area (Å²) in [5.74, 6) is 1.82. The highest BCUT2D eigenvalue weighted by Gasteiger charge is 2.34. The first-order valence-corrected chi connectivity index (χ1v) is 7.03. The molecule has 0 bridgehead atoms. The van der Waals surface area contributed by atoms with Gasteiger partial charge in [0.2, 0.25) is 5.91 Å². The molecule has 2 heterocycles. The minimum absolute atomic E-state index is 0.0608. The average molecular weight is 260 g/mol. The quantitative estimate of drug-likeness (QED) is 0.891.